The Kier molecular flexibility index (Phi) is 5.02. The van der Waals surface area contributed by atoms with Gasteiger partial charge < -0.3 is 9.47 Å². The molecular weight excluding hydrogens is 228 g/mol. The van der Waals surface area contributed by atoms with Crippen LogP contribution >= 0.6 is 0 Å². The molecule has 0 aromatic heterocycles. The molecule has 8 nitrogen and oxygen atoms in total. The average molecular weight is 240 g/mol. The normalized spacial score (nSPS) is 10.9. The summed E-state index contributed by atoms with van der Waals surface area (Å²) < 4.78 is 33.1. The van der Waals surface area contributed by atoms with E-state index in [1.165, 1.54) is 0 Å². The lowest BCUT2D eigenvalue weighted by Crippen LogP contribution is -2.43. The number of carbonyl (C=O) groups is 2. The first-order chi connectivity index (χ1) is 6.83. The van der Waals surface area contributed by atoms with Crippen LogP contribution in [-0.4, -0.2) is 52.6 Å². The first-order valence-electron chi connectivity index (χ1n) is 3.72. The summed E-state index contributed by atoms with van der Waals surface area (Å²) in [6.45, 7) is -0.497. The zero-order chi connectivity index (χ0) is 12.1. The lowest BCUT2D eigenvalue weighted by Gasteiger charge is -2.15. The Morgan fingerprint density at radius 2 is 1.80 bits per heavy atom. The highest BCUT2D eigenvalue weighted by Gasteiger charge is 2.23. The van der Waals surface area contributed by atoms with Crippen molar-refractivity contribution in [2.45, 2.75) is 0 Å². The monoisotopic (exact) mass is 240 g/mol. The Hall–Kier alpha value is -1.35. The summed E-state index contributed by atoms with van der Waals surface area (Å²) in [7, 11) is -0.815. The van der Waals surface area contributed by atoms with Crippen molar-refractivity contribution in [2.24, 2.45) is 0 Å². The lowest BCUT2D eigenvalue weighted by molar-refractivity contribution is -0.140. The maximum atomic E-state index is 11.3. The van der Waals surface area contributed by atoms with Crippen molar-refractivity contribution < 1.29 is 27.5 Å². The molecule has 1 amide bonds. The number of nitrogens with one attached hydrogen (secondary N) is 1. The maximum absolute atomic E-state index is 11.3. The third kappa shape index (κ3) is 4.61. The number of carbonyl (C=O) groups excluding carboxylic acids is 2. The van der Waals surface area contributed by atoms with Gasteiger partial charge in [0.25, 0.3) is 0 Å². The molecule has 0 aromatic carbocycles. The molecule has 0 heterocycles. The first kappa shape index (κ1) is 13.7. The topological polar surface area (TPSA) is 102 Å². The maximum Gasteiger partial charge on any atom is 0.421 e. The largest absolute Gasteiger partial charge is 0.468 e. The van der Waals surface area contributed by atoms with E-state index in [-0.39, 0.29) is 0 Å². The van der Waals surface area contributed by atoms with Gasteiger partial charge in [-0.15, -0.1) is 0 Å². The fraction of sp³-hybridized carbons (Fsp3) is 0.667. The molecule has 0 unspecified atom stereocenters. The molecule has 0 saturated carbocycles. The number of methoxy groups -OCH3 is 2. The standard InChI is InChI=1S/C6H12N2O6S/c1-8(4-5(9)13-2)15(11,12)7-6(10)14-3/h4H2,1-3H3,(H,7,10). The van der Waals surface area contributed by atoms with E-state index in [9.17, 15) is 18.0 Å². The minimum absolute atomic E-state index is 0.497. The highest BCUT2D eigenvalue weighted by molar-refractivity contribution is 7.87. The van der Waals surface area contributed by atoms with Crippen LogP contribution in [0.15, 0.2) is 0 Å². The smallest absolute Gasteiger partial charge is 0.421 e. The second kappa shape index (κ2) is 5.51. The van der Waals surface area contributed by atoms with Crippen LogP contribution < -0.4 is 4.72 Å². The molecule has 0 aliphatic carbocycles. The van der Waals surface area contributed by atoms with E-state index >= 15 is 0 Å². The van der Waals surface area contributed by atoms with Crippen LogP contribution in [0.25, 0.3) is 0 Å². The van der Waals surface area contributed by atoms with Gasteiger partial charge in [-0.2, -0.15) is 12.7 Å². The van der Waals surface area contributed by atoms with Gasteiger partial charge >= 0.3 is 22.3 Å². The van der Waals surface area contributed by atoms with E-state index in [0.717, 1.165) is 21.3 Å². The number of likely N-dealkylation sites (N-methyl/N-ethyl adjacent to an activating group) is 1. The summed E-state index contributed by atoms with van der Waals surface area (Å²) in [5, 5.41) is 0. The Balaban J connectivity index is 4.46. The third-order valence-electron chi connectivity index (χ3n) is 1.39. The molecule has 0 bridgehead atoms. The Bertz CT molecular complexity index is 338. The van der Waals surface area contributed by atoms with Crippen molar-refractivity contribution in [3.05, 3.63) is 0 Å². The van der Waals surface area contributed by atoms with Gasteiger partial charge in [0.05, 0.1) is 14.2 Å². The van der Waals surface area contributed by atoms with Crippen molar-refractivity contribution >= 4 is 22.3 Å². The average Bonchev–Trinajstić information content (AvgIpc) is 2.16. The molecule has 0 fully saturated rings. The summed E-state index contributed by atoms with van der Waals surface area (Å²) >= 11 is 0. The zero-order valence-electron chi connectivity index (χ0n) is 8.51. The molecule has 88 valence electrons. The number of esters is 1. The van der Waals surface area contributed by atoms with E-state index in [4.69, 9.17) is 0 Å². The molecule has 0 aliphatic rings. The number of hydrogen-bond acceptors (Lipinski definition) is 6. The lowest BCUT2D eigenvalue weighted by atomic mass is 10.7. The Morgan fingerprint density at radius 1 is 1.27 bits per heavy atom. The quantitative estimate of drug-likeness (QED) is 0.612. The Morgan fingerprint density at radius 3 is 2.20 bits per heavy atom. The molecule has 0 saturated heterocycles. The number of amides is 1. The second-order valence-corrected chi connectivity index (χ2v) is 4.21. The van der Waals surface area contributed by atoms with E-state index < -0.39 is 28.8 Å². The van der Waals surface area contributed by atoms with Crippen molar-refractivity contribution in [2.75, 3.05) is 27.8 Å². The van der Waals surface area contributed by atoms with Gasteiger partial charge in [-0.05, 0) is 0 Å². The van der Waals surface area contributed by atoms with Gasteiger partial charge in [0.2, 0.25) is 0 Å². The predicted octanol–water partition coefficient (Wildman–Crippen LogP) is -1.31. The van der Waals surface area contributed by atoms with Crippen LogP contribution in [0, 0.1) is 0 Å². The van der Waals surface area contributed by atoms with Crippen LogP contribution in [0.3, 0.4) is 0 Å². The Labute approximate surface area is 87.3 Å². The van der Waals surface area contributed by atoms with Crippen LogP contribution in [-0.2, 0) is 24.5 Å². The molecule has 15 heavy (non-hydrogen) atoms. The van der Waals surface area contributed by atoms with Crippen LogP contribution in [0.5, 0.6) is 0 Å². The van der Waals surface area contributed by atoms with E-state index in [1.807, 2.05) is 0 Å². The van der Waals surface area contributed by atoms with Gasteiger partial charge in [-0.3, -0.25) is 4.79 Å². The summed E-state index contributed by atoms with van der Waals surface area (Å²) in [4.78, 5) is 21.4. The first-order valence-corrected chi connectivity index (χ1v) is 5.16. The molecule has 0 rings (SSSR count). The molecule has 0 atom stereocenters. The molecular formula is C6H12N2O6S. The zero-order valence-corrected chi connectivity index (χ0v) is 9.33. The fourth-order valence-corrected chi connectivity index (χ4v) is 1.28. The SMILES string of the molecule is COC(=O)CN(C)S(=O)(=O)NC(=O)OC. The summed E-state index contributed by atoms with van der Waals surface area (Å²) in [5.41, 5.74) is 0. The third-order valence-corrected chi connectivity index (χ3v) is 2.76. The molecule has 0 aromatic rings. The molecule has 0 radical (unpaired) electrons. The molecule has 0 spiro atoms. The van der Waals surface area contributed by atoms with Gasteiger partial charge in [0.15, 0.2) is 0 Å². The van der Waals surface area contributed by atoms with Crippen molar-refractivity contribution in [1.29, 1.82) is 0 Å². The number of ether oxygens (including phenoxy) is 2. The van der Waals surface area contributed by atoms with E-state index in [2.05, 4.69) is 9.47 Å². The van der Waals surface area contributed by atoms with Crippen molar-refractivity contribution in [3.63, 3.8) is 0 Å². The van der Waals surface area contributed by atoms with E-state index in [0.29, 0.717) is 4.31 Å². The van der Waals surface area contributed by atoms with Gasteiger partial charge in [-0.1, -0.05) is 0 Å². The molecule has 1 N–H and O–H groups in total. The minimum Gasteiger partial charge on any atom is -0.468 e. The fourth-order valence-electron chi connectivity index (χ4n) is 0.556. The van der Waals surface area contributed by atoms with Crippen molar-refractivity contribution in [3.8, 4) is 0 Å². The van der Waals surface area contributed by atoms with E-state index in [1.54, 1.807) is 4.72 Å². The summed E-state index contributed by atoms with van der Waals surface area (Å²) in [6.07, 6.45) is -1.13. The van der Waals surface area contributed by atoms with Crippen LogP contribution in [0.4, 0.5) is 4.79 Å². The summed E-state index contributed by atoms with van der Waals surface area (Å²) in [5.74, 6) is -0.743. The highest BCUT2D eigenvalue weighted by atomic mass is 32.2. The molecule has 9 heteroatoms. The van der Waals surface area contributed by atoms with Gasteiger partial charge in [-0.25, -0.2) is 9.52 Å². The molecule has 0 aliphatic heterocycles. The summed E-state index contributed by atoms with van der Waals surface area (Å²) in [6, 6.07) is 0. The highest BCUT2D eigenvalue weighted by Crippen LogP contribution is 1.94. The van der Waals surface area contributed by atoms with Crippen LogP contribution in [0.1, 0.15) is 0 Å². The van der Waals surface area contributed by atoms with Gasteiger partial charge in [0.1, 0.15) is 6.54 Å². The predicted molar refractivity (Wildman–Crippen MR) is 49.1 cm³/mol. The number of rotatable bonds is 4. The van der Waals surface area contributed by atoms with Gasteiger partial charge in [0, 0.05) is 7.05 Å². The number of nitrogens with zero attached hydrogens (tertiary/aromatic N) is 1. The van der Waals surface area contributed by atoms with Crippen LogP contribution in [0.2, 0.25) is 0 Å². The van der Waals surface area contributed by atoms with Crippen molar-refractivity contribution in [1.82, 2.24) is 9.03 Å². The number of hydrogen-bond donors (Lipinski definition) is 1. The minimum atomic E-state index is -4.07. The second-order valence-electron chi connectivity index (χ2n) is 2.43.